The maximum atomic E-state index is 11.9. The second kappa shape index (κ2) is 7.02. The summed E-state index contributed by atoms with van der Waals surface area (Å²) in [5.41, 5.74) is 0. The van der Waals surface area contributed by atoms with Gasteiger partial charge in [-0.1, -0.05) is 6.92 Å². The van der Waals surface area contributed by atoms with Crippen molar-refractivity contribution in [1.82, 2.24) is 0 Å². The number of rotatable bonds is 6. The number of thiophene rings is 1. The summed E-state index contributed by atoms with van der Waals surface area (Å²) >= 11 is 1.58. The molecule has 1 aliphatic heterocycles. The highest BCUT2D eigenvalue weighted by molar-refractivity contribution is 7.14. The monoisotopic (exact) mass is 268 g/mol. The van der Waals surface area contributed by atoms with Crippen molar-refractivity contribution in [3.05, 3.63) is 21.9 Å². The van der Waals surface area contributed by atoms with Gasteiger partial charge in [-0.15, -0.1) is 11.3 Å². The van der Waals surface area contributed by atoms with E-state index in [1.807, 2.05) is 12.1 Å². The normalized spacial score (nSPS) is 16.9. The van der Waals surface area contributed by atoms with Crippen molar-refractivity contribution >= 4 is 17.1 Å². The molecule has 2 rings (SSSR count). The predicted octanol–water partition coefficient (Wildman–Crippen LogP) is 2.94. The fourth-order valence-electron chi connectivity index (χ4n) is 2.02. The smallest absolute Gasteiger partial charge is 0.198 e. The minimum atomic E-state index is 0.103. The van der Waals surface area contributed by atoms with Crippen LogP contribution in [0.1, 0.15) is 34.3 Å². The van der Waals surface area contributed by atoms with Gasteiger partial charge in [0.1, 0.15) is 6.61 Å². The first kappa shape index (κ1) is 13.7. The van der Waals surface area contributed by atoms with Gasteiger partial charge in [0.2, 0.25) is 0 Å². The van der Waals surface area contributed by atoms with Crippen molar-refractivity contribution in [3.63, 3.8) is 0 Å². The van der Waals surface area contributed by atoms with Crippen molar-refractivity contribution in [2.45, 2.75) is 26.2 Å². The molecule has 0 unspecified atom stereocenters. The third-order valence-corrected chi connectivity index (χ3v) is 4.48. The lowest BCUT2D eigenvalue weighted by Gasteiger charge is -2.21. The highest BCUT2D eigenvalue weighted by atomic mass is 32.1. The first-order valence-electron chi connectivity index (χ1n) is 6.57. The summed E-state index contributed by atoms with van der Waals surface area (Å²) in [6, 6.07) is 3.93. The summed E-state index contributed by atoms with van der Waals surface area (Å²) in [6.07, 6.45) is 3.08. The van der Waals surface area contributed by atoms with E-state index in [0.717, 1.165) is 37.4 Å². The molecule has 0 spiro atoms. The van der Waals surface area contributed by atoms with Gasteiger partial charge in [0.05, 0.1) is 11.5 Å². The van der Waals surface area contributed by atoms with Crippen LogP contribution in [0.25, 0.3) is 0 Å². The first-order valence-corrected chi connectivity index (χ1v) is 7.38. The van der Waals surface area contributed by atoms with Crippen LogP contribution in [0.4, 0.5) is 0 Å². The highest BCUT2D eigenvalue weighted by Crippen LogP contribution is 2.18. The van der Waals surface area contributed by atoms with E-state index in [9.17, 15) is 4.79 Å². The summed E-state index contributed by atoms with van der Waals surface area (Å²) in [7, 11) is 0. The molecular weight excluding hydrogens is 248 g/mol. The van der Waals surface area contributed by atoms with Crippen LogP contribution in [-0.4, -0.2) is 32.2 Å². The number of ketones is 1. The largest absolute Gasteiger partial charge is 0.381 e. The van der Waals surface area contributed by atoms with Gasteiger partial charge in [0.15, 0.2) is 5.78 Å². The summed E-state index contributed by atoms with van der Waals surface area (Å²) < 4.78 is 10.8. The van der Waals surface area contributed by atoms with E-state index in [1.54, 1.807) is 11.3 Å². The maximum Gasteiger partial charge on any atom is 0.198 e. The van der Waals surface area contributed by atoms with Crippen LogP contribution < -0.4 is 0 Å². The van der Waals surface area contributed by atoms with E-state index in [1.165, 1.54) is 4.88 Å². The Labute approximate surface area is 112 Å². The van der Waals surface area contributed by atoms with E-state index in [0.29, 0.717) is 12.5 Å². The van der Waals surface area contributed by atoms with Gasteiger partial charge in [0.25, 0.3) is 0 Å². The number of aryl methyl sites for hydroxylation is 1. The molecule has 1 aromatic rings. The van der Waals surface area contributed by atoms with Gasteiger partial charge in [0, 0.05) is 18.1 Å². The minimum absolute atomic E-state index is 0.103. The lowest BCUT2D eigenvalue weighted by atomic mass is 10.0. The number of hydrogen-bond acceptors (Lipinski definition) is 4. The Morgan fingerprint density at radius 3 is 2.89 bits per heavy atom. The quantitative estimate of drug-likeness (QED) is 0.744. The van der Waals surface area contributed by atoms with Crippen LogP contribution >= 0.6 is 11.3 Å². The maximum absolute atomic E-state index is 11.9. The Morgan fingerprint density at radius 2 is 2.22 bits per heavy atom. The number of ether oxygens (including phenoxy) is 2. The molecule has 1 aliphatic rings. The topological polar surface area (TPSA) is 35.5 Å². The molecule has 0 saturated carbocycles. The zero-order valence-electron chi connectivity index (χ0n) is 10.8. The molecule has 1 saturated heterocycles. The second-order valence-corrected chi connectivity index (χ2v) is 5.78. The van der Waals surface area contributed by atoms with Crippen LogP contribution in [-0.2, 0) is 15.9 Å². The number of carbonyl (C=O) groups excluding carboxylic acids is 1. The first-order chi connectivity index (χ1) is 8.79. The van der Waals surface area contributed by atoms with Crippen molar-refractivity contribution in [2.75, 3.05) is 26.4 Å². The summed E-state index contributed by atoms with van der Waals surface area (Å²) in [5.74, 6) is 0.660. The highest BCUT2D eigenvalue weighted by Gasteiger charge is 2.15. The Balaban J connectivity index is 1.70. The molecule has 0 N–H and O–H groups in total. The molecule has 18 heavy (non-hydrogen) atoms. The molecule has 1 aromatic heterocycles. The van der Waals surface area contributed by atoms with Crippen LogP contribution in [0.5, 0.6) is 0 Å². The fourth-order valence-corrected chi connectivity index (χ4v) is 2.89. The van der Waals surface area contributed by atoms with Gasteiger partial charge >= 0.3 is 0 Å². The second-order valence-electron chi connectivity index (χ2n) is 4.61. The Kier molecular flexibility index (Phi) is 5.35. The van der Waals surface area contributed by atoms with Crippen LogP contribution in [0, 0.1) is 5.92 Å². The van der Waals surface area contributed by atoms with Crippen molar-refractivity contribution in [2.24, 2.45) is 5.92 Å². The molecule has 2 heterocycles. The summed E-state index contributed by atoms with van der Waals surface area (Å²) in [6.45, 7) is 4.64. The molecule has 0 bridgehead atoms. The van der Waals surface area contributed by atoms with Crippen molar-refractivity contribution in [1.29, 1.82) is 0 Å². The molecule has 0 atom stereocenters. The lowest BCUT2D eigenvalue weighted by Crippen LogP contribution is -2.21. The lowest BCUT2D eigenvalue weighted by molar-refractivity contribution is 0.0217. The average Bonchev–Trinajstić information content (AvgIpc) is 2.89. The van der Waals surface area contributed by atoms with Gasteiger partial charge in [-0.25, -0.2) is 0 Å². The van der Waals surface area contributed by atoms with Crippen molar-refractivity contribution < 1.29 is 14.3 Å². The van der Waals surface area contributed by atoms with Crippen LogP contribution in [0.15, 0.2) is 12.1 Å². The molecule has 0 radical (unpaired) electrons. The summed E-state index contributed by atoms with van der Waals surface area (Å²) in [5, 5.41) is 0. The molecular formula is C14H20O3S. The molecule has 0 amide bonds. The third kappa shape index (κ3) is 3.90. The summed E-state index contributed by atoms with van der Waals surface area (Å²) in [4.78, 5) is 13.9. The van der Waals surface area contributed by atoms with Gasteiger partial charge in [-0.3, -0.25) is 4.79 Å². The van der Waals surface area contributed by atoms with E-state index < -0.39 is 0 Å². The van der Waals surface area contributed by atoms with E-state index >= 15 is 0 Å². The standard InChI is InChI=1S/C14H20O3S/c1-2-12-3-4-14(18-12)13(15)10-17-9-11-5-7-16-8-6-11/h3-4,11H,2,5-10H2,1H3. The number of Topliss-reactive ketones (excluding diaryl/α,β-unsaturated/α-hetero) is 1. The Morgan fingerprint density at radius 1 is 1.44 bits per heavy atom. The Hall–Kier alpha value is -0.710. The molecule has 1 fully saturated rings. The minimum Gasteiger partial charge on any atom is -0.381 e. The average molecular weight is 268 g/mol. The molecule has 4 heteroatoms. The van der Waals surface area contributed by atoms with Crippen LogP contribution in [0.2, 0.25) is 0 Å². The Bertz CT molecular complexity index is 380. The fraction of sp³-hybridized carbons (Fsp3) is 0.643. The molecule has 100 valence electrons. The van der Waals surface area contributed by atoms with Crippen LogP contribution in [0.3, 0.4) is 0 Å². The predicted molar refractivity (Wildman–Crippen MR) is 72.4 cm³/mol. The van der Waals surface area contributed by atoms with E-state index in [4.69, 9.17) is 9.47 Å². The van der Waals surface area contributed by atoms with E-state index in [2.05, 4.69) is 6.92 Å². The zero-order chi connectivity index (χ0) is 12.8. The van der Waals surface area contributed by atoms with Gasteiger partial charge in [-0.05, 0) is 37.3 Å². The van der Waals surface area contributed by atoms with Gasteiger partial charge < -0.3 is 9.47 Å². The number of hydrogen-bond donors (Lipinski definition) is 0. The SMILES string of the molecule is CCc1ccc(C(=O)COCC2CCOCC2)s1. The zero-order valence-corrected chi connectivity index (χ0v) is 11.6. The van der Waals surface area contributed by atoms with Crippen molar-refractivity contribution in [3.8, 4) is 0 Å². The third-order valence-electron chi connectivity index (χ3n) is 3.21. The molecule has 0 aliphatic carbocycles. The number of carbonyl (C=O) groups is 1. The molecule has 0 aromatic carbocycles. The molecule has 3 nitrogen and oxygen atoms in total. The van der Waals surface area contributed by atoms with Gasteiger partial charge in [-0.2, -0.15) is 0 Å². The van der Waals surface area contributed by atoms with E-state index in [-0.39, 0.29) is 12.4 Å².